The van der Waals surface area contributed by atoms with E-state index in [2.05, 4.69) is 26.4 Å². The molecule has 2 heterocycles. The van der Waals surface area contributed by atoms with Gasteiger partial charge in [0.2, 0.25) is 5.88 Å². The van der Waals surface area contributed by atoms with Gasteiger partial charge >= 0.3 is 0 Å². The predicted molar refractivity (Wildman–Crippen MR) is 98.5 cm³/mol. The molecule has 2 aromatic carbocycles. The van der Waals surface area contributed by atoms with Crippen LogP contribution < -0.4 is 5.32 Å². The lowest BCUT2D eigenvalue weighted by Crippen LogP contribution is -2.11. The molecule has 0 aliphatic rings. The molecular formula is C19H13BrN2O3. The van der Waals surface area contributed by atoms with Crippen LogP contribution >= 0.6 is 15.9 Å². The number of anilines is 1. The number of hydrogen-bond acceptors (Lipinski definition) is 4. The van der Waals surface area contributed by atoms with E-state index < -0.39 is 0 Å². The van der Waals surface area contributed by atoms with Crippen LogP contribution in [0.4, 0.5) is 5.88 Å². The van der Waals surface area contributed by atoms with Crippen LogP contribution in [0.15, 0.2) is 68.0 Å². The summed E-state index contributed by atoms with van der Waals surface area (Å²) in [4.78, 5) is 12.5. The quantitative estimate of drug-likeness (QED) is 0.502. The topological polar surface area (TPSA) is 68.3 Å². The number of amides is 1. The van der Waals surface area contributed by atoms with Crippen molar-refractivity contribution < 1.29 is 13.7 Å². The number of carbonyl (C=O) groups excluding carboxylic acids is 1. The number of rotatable bonds is 3. The molecule has 0 spiro atoms. The van der Waals surface area contributed by atoms with Crippen molar-refractivity contribution in [3.63, 3.8) is 0 Å². The van der Waals surface area contributed by atoms with Crippen molar-refractivity contribution in [3.05, 3.63) is 70.4 Å². The number of aromatic nitrogens is 1. The number of para-hydroxylation sites is 1. The van der Waals surface area contributed by atoms with Crippen LogP contribution in [-0.2, 0) is 0 Å². The number of benzene rings is 2. The van der Waals surface area contributed by atoms with Crippen LogP contribution in [-0.4, -0.2) is 11.1 Å². The first-order valence-corrected chi connectivity index (χ1v) is 8.43. The number of nitrogens with zero attached hydrogens (tertiary/aromatic N) is 1. The Morgan fingerprint density at radius 2 is 1.88 bits per heavy atom. The second-order valence-corrected chi connectivity index (χ2v) is 6.51. The summed E-state index contributed by atoms with van der Waals surface area (Å²) in [5.74, 6) is 0.165. The molecule has 1 amide bonds. The van der Waals surface area contributed by atoms with Crippen LogP contribution in [0, 0.1) is 6.92 Å². The fourth-order valence-corrected chi connectivity index (χ4v) is 2.91. The van der Waals surface area contributed by atoms with Crippen molar-refractivity contribution in [1.29, 1.82) is 0 Å². The molecule has 0 saturated heterocycles. The number of nitrogens with one attached hydrogen (secondary N) is 1. The van der Waals surface area contributed by atoms with Crippen molar-refractivity contribution in [3.8, 4) is 11.3 Å². The molecule has 0 saturated carbocycles. The third kappa shape index (κ3) is 2.96. The van der Waals surface area contributed by atoms with Gasteiger partial charge in [0.15, 0.2) is 5.76 Å². The van der Waals surface area contributed by atoms with Crippen molar-refractivity contribution in [2.75, 3.05) is 5.32 Å². The number of fused-ring (bicyclic) bond motifs is 1. The van der Waals surface area contributed by atoms with Crippen molar-refractivity contribution in [2.45, 2.75) is 6.92 Å². The molecule has 0 aliphatic carbocycles. The van der Waals surface area contributed by atoms with Gasteiger partial charge in [0.25, 0.3) is 5.91 Å². The minimum Gasteiger partial charge on any atom is -0.451 e. The van der Waals surface area contributed by atoms with Gasteiger partial charge < -0.3 is 8.94 Å². The highest BCUT2D eigenvalue weighted by Crippen LogP contribution is 2.27. The molecule has 25 heavy (non-hydrogen) atoms. The van der Waals surface area contributed by atoms with Gasteiger partial charge in [-0.15, -0.1) is 0 Å². The number of hydrogen-bond donors (Lipinski definition) is 1. The fraction of sp³-hybridized carbons (Fsp3) is 0.0526. The van der Waals surface area contributed by atoms with Crippen LogP contribution in [0.5, 0.6) is 0 Å². The summed E-state index contributed by atoms with van der Waals surface area (Å²) in [6.07, 6.45) is 0. The van der Waals surface area contributed by atoms with Crippen LogP contribution in [0.3, 0.4) is 0 Å². The Kier molecular flexibility index (Phi) is 3.89. The van der Waals surface area contributed by atoms with Gasteiger partial charge in [-0.3, -0.25) is 10.1 Å². The van der Waals surface area contributed by atoms with E-state index in [4.69, 9.17) is 8.94 Å². The maximum Gasteiger partial charge on any atom is 0.294 e. The smallest absolute Gasteiger partial charge is 0.294 e. The molecule has 6 heteroatoms. The van der Waals surface area contributed by atoms with Gasteiger partial charge in [0, 0.05) is 27.1 Å². The number of furan rings is 1. The van der Waals surface area contributed by atoms with Crippen molar-refractivity contribution >= 4 is 38.7 Å². The first-order chi connectivity index (χ1) is 12.1. The Bertz CT molecular complexity index is 1060. The van der Waals surface area contributed by atoms with E-state index in [0.29, 0.717) is 11.3 Å². The third-order valence-electron chi connectivity index (χ3n) is 3.94. The van der Waals surface area contributed by atoms with Crippen LogP contribution in [0.25, 0.3) is 22.2 Å². The van der Waals surface area contributed by atoms with Crippen LogP contribution in [0.1, 0.15) is 16.1 Å². The lowest BCUT2D eigenvalue weighted by atomic mass is 10.1. The van der Waals surface area contributed by atoms with Gasteiger partial charge in [0.05, 0.1) is 0 Å². The second-order valence-electron chi connectivity index (χ2n) is 5.59. The first kappa shape index (κ1) is 15.7. The summed E-state index contributed by atoms with van der Waals surface area (Å²) in [7, 11) is 0. The second kappa shape index (κ2) is 6.22. The Hall–Kier alpha value is -2.86. The zero-order chi connectivity index (χ0) is 17.4. The summed E-state index contributed by atoms with van der Waals surface area (Å²) < 4.78 is 11.9. The highest BCUT2D eigenvalue weighted by atomic mass is 79.9. The zero-order valence-corrected chi connectivity index (χ0v) is 14.8. The van der Waals surface area contributed by atoms with Crippen molar-refractivity contribution in [1.82, 2.24) is 5.16 Å². The number of aryl methyl sites for hydroxylation is 1. The standard InChI is InChI=1S/C19H13BrN2O3/c1-11-14-4-2-3-5-16(14)24-18(11)19(23)21-17-10-15(22-25-17)12-6-8-13(20)9-7-12/h2-10H,1H3,(H,21,23). The summed E-state index contributed by atoms with van der Waals surface area (Å²) in [6, 6.07) is 16.9. The average Bonchev–Trinajstić information content (AvgIpc) is 3.21. The number of carbonyl (C=O) groups is 1. The van der Waals surface area contributed by atoms with E-state index in [1.54, 1.807) is 6.07 Å². The van der Waals surface area contributed by atoms with E-state index in [1.165, 1.54) is 0 Å². The molecule has 0 radical (unpaired) electrons. The Balaban J connectivity index is 1.58. The Morgan fingerprint density at radius 3 is 2.64 bits per heavy atom. The predicted octanol–water partition coefficient (Wildman–Crippen LogP) is 5.41. The largest absolute Gasteiger partial charge is 0.451 e. The van der Waals surface area contributed by atoms with E-state index in [9.17, 15) is 4.79 Å². The monoisotopic (exact) mass is 396 g/mol. The van der Waals surface area contributed by atoms with Crippen molar-refractivity contribution in [2.24, 2.45) is 0 Å². The maximum atomic E-state index is 12.5. The minimum atomic E-state index is -0.368. The van der Waals surface area contributed by atoms with Gasteiger partial charge in [-0.25, -0.2) is 0 Å². The normalized spacial score (nSPS) is 11.0. The SMILES string of the molecule is Cc1c(C(=O)Nc2cc(-c3ccc(Br)cc3)no2)oc2ccccc12. The molecule has 4 rings (SSSR count). The van der Waals surface area contributed by atoms with Gasteiger partial charge in [-0.1, -0.05) is 51.4 Å². The summed E-state index contributed by atoms with van der Waals surface area (Å²) in [6.45, 7) is 1.86. The fourth-order valence-electron chi connectivity index (χ4n) is 2.65. The van der Waals surface area contributed by atoms with E-state index in [0.717, 1.165) is 21.0 Å². The lowest BCUT2D eigenvalue weighted by molar-refractivity contribution is 0.0994. The molecule has 0 atom stereocenters. The highest BCUT2D eigenvalue weighted by Gasteiger charge is 2.19. The number of halogens is 1. The molecular weight excluding hydrogens is 384 g/mol. The zero-order valence-electron chi connectivity index (χ0n) is 13.2. The first-order valence-electron chi connectivity index (χ1n) is 7.64. The maximum absolute atomic E-state index is 12.5. The molecule has 0 bridgehead atoms. The molecule has 2 aromatic heterocycles. The molecule has 0 unspecified atom stereocenters. The molecule has 5 nitrogen and oxygen atoms in total. The summed E-state index contributed by atoms with van der Waals surface area (Å²) in [5, 5.41) is 7.60. The van der Waals surface area contributed by atoms with E-state index in [-0.39, 0.29) is 17.6 Å². The van der Waals surface area contributed by atoms with E-state index in [1.807, 2.05) is 55.5 Å². The summed E-state index contributed by atoms with van der Waals surface area (Å²) >= 11 is 3.39. The van der Waals surface area contributed by atoms with Gasteiger partial charge in [0.1, 0.15) is 11.3 Å². The minimum absolute atomic E-state index is 0.266. The highest BCUT2D eigenvalue weighted by molar-refractivity contribution is 9.10. The molecule has 0 aliphatic heterocycles. The van der Waals surface area contributed by atoms with Gasteiger partial charge in [-0.2, -0.15) is 0 Å². The van der Waals surface area contributed by atoms with Gasteiger partial charge in [-0.05, 0) is 25.1 Å². The summed E-state index contributed by atoms with van der Waals surface area (Å²) in [5.41, 5.74) is 3.01. The lowest BCUT2D eigenvalue weighted by Gasteiger charge is -1.98. The molecule has 1 N–H and O–H groups in total. The van der Waals surface area contributed by atoms with E-state index >= 15 is 0 Å². The Labute approximate surface area is 151 Å². The molecule has 4 aromatic rings. The Morgan fingerprint density at radius 1 is 1.12 bits per heavy atom. The molecule has 0 fully saturated rings. The molecule has 124 valence electrons. The average molecular weight is 397 g/mol. The third-order valence-corrected chi connectivity index (χ3v) is 4.47. The van der Waals surface area contributed by atoms with Crippen LogP contribution in [0.2, 0.25) is 0 Å².